The summed E-state index contributed by atoms with van der Waals surface area (Å²) < 4.78 is 30.8. The van der Waals surface area contributed by atoms with E-state index in [9.17, 15) is 8.42 Å². The number of rotatable bonds is 15. The van der Waals surface area contributed by atoms with Gasteiger partial charge in [-0.3, -0.25) is 0 Å². The third kappa shape index (κ3) is 9.07. The molecule has 0 heterocycles. The van der Waals surface area contributed by atoms with Crippen molar-refractivity contribution in [1.29, 1.82) is 0 Å². The Kier molecular flexibility index (Phi) is 11.7. The lowest BCUT2D eigenvalue weighted by Gasteiger charge is -2.18. The second-order valence-corrected chi connectivity index (χ2v) is 9.19. The van der Waals surface area contributed by atoms with Gasteiger partial charge in [0.05, 0.1) is 5.25 Å². The average Bonchev–Trinajstić information content (AvgIpc) is 2.61. The maximum Gasteiger partial charge on any atom is 0.312 e. The van der Waals surface area contributed by atoms with E-state index in [-0.39, 0.29) is 0 Å². The predicted molar refractivity (Wildman–Crippen MR) is 111 cm³/mol. The van der Waals surface area contributed by atoms with Crippen molar-refractivity contribution in [2.24, 2.45) is 0 Å². The molecule has 4 heteroatoms. The van der Waals surface area contributed by atoms with Crippen LogP contribution in [0.2, 0.25) is 0 Å². The van der Waals surface area contributed by atoms with Crippen LogP contribution in [-0.2, 0) is 10.1 Å². The Bertz CT molecular complexity index is 581. The van der Waals surface area contributed by atoms with Gasteiger partial charge in [0.25, 0.3) is 0 Å². The topological polar surface area (TPSA) is 43.4 Å². The van der Waals surface area contributed by atoms with Gasteiger partial charge in [-0.25, -0.2) is 0 Å². The molecular formula is C22H38O3S. The van der Waals surface area contributed by atoms with Crippen molar-refractivity contribution >= 4 is 10.1 Å². The summed E-state index contributed by atoms with van der Waals surface area (Å²) in [5.41, 5.74) is 0.856. The van der Waals surface area contributed by atoms with Gasteiger partial charge in [0.2, 0.25) is 0 Å². The minimum atomic E-state index is -3.57. The molecule has 150 valence electrons. The summed E-state index contributed by atoms with van der Waals surface area (Å²) in [6, 6.07) is 7.31. The summed E-state index contributed by atoms with van der Waals surface area (Å²) in [6.45, 7) is 6.15. The van der Waals surface area contributed by atoms with Crippen molar-refractivity contribution in [3.05, 3.63) is 29.8 Å². The Labute approximate surface area is 161 Å². The first-order valence-electron chi connectivity index (χ1n) is 10.5. The molecule has 3 nitrogen and oxygen atoms in total. The van der Waals surface area contributed by atoms with Crippen LogP contribution in [0.5, 0.6) is 5.75 Å². The maximum absolute atomic E-state index is 12.7. The standard InChI is InChI=1S/C22H38O3S/c1-4-6-7-8-9-10-11-12-13-18-21(16-5-2)26(23,24)25-22-19-15-14-17-20(22)3/h14-15,17,19,21H,4-13,16,18H2,1-3H3. The third-order valence-electron chi connectivity index (χ3n) is 4.95. The molecule has 0 aliphatic rings. The highest BCUT2D eigenvalue weighted by Crippen LogP contribution is 2.24. The first-order chi connectivity index (χ1) is 12.5. The summed E-state index contributed by atoms with van der Waals surface area (Å²) in [5.74, 6) is 0.459. The number of hydrogen-bond acceptors (Lipinski definition) is 3. The van der Waals surface area contributed by atoms with Crippen LogP contribution in [0.25, 0.3) is 0 Å². The van der Waals surface area contributed by atoms with Crippen molar-refractivity contribution < 1.29 is 12.6 Å². The first kappa shape index (κ1) is 23.0. The van der Waals surface area contributed by atoms with Crippen LogP contribution in [0.3, 0.4) is 0 Å². The molecule has 0 spiro atoms. The molecule has 0 radical (unpaired) electrons. The molecule has 1 aromatic rings. The lowest BCUT2D eigenvalue weighted by molar-refractivity contribution is 0.450. The SMILES string of the molecule is CCCCCCCCCCCC(CCC)S(=O)(=O)Oc1ccccc1C. The van der Waals surface area contributed by atoms with E-state index in [0.717, 1.165) is 24.8 Å². The lowest BCUT2D eigenvalue weighted by atomic mass is 10.0. The van der Waals surface area contributed by atoms with Gasteiger partial charge in [-0.1, -0.05) is 96.3 Å². The quantitative estimate of drug-likeness (QED) is 0.248. The zero-order valence-corrected chi connectivity index (χ0v) is 17.8. The maximum atomic E-state index is 12.7. The molecule has 1 atom stereocenters. The van der Waals surface area contributed by atoms with Gasteiger partial charge < -0.3 is 4.18 Å². The van der Waals surface area contributed by atoms with E-state index in [1.165, 1.54) is 44.9 Å². The molecule has 0 fully saturated rings. The fourth-order valence-corrected chi connectivity index (χ4v) is 4.83. The average molecular weight is 383 g/mol. The smallest absolute Gasteiger partial charge is 0.312 e. The molecule has 0 aliphatic carbocycles. The monoisotopic (exact) mass is 382 g/mol. The predicted octanol–water partition coefficient (Wildman–Crippen LogP) is 6.79. The Balaban J connectivity index is 2.39. The highest BCUT2D eigenvalue weighted by Gasteiger charge is 2.26. The Morgan fingerprint density at radius 2 is 1.38 bits per heavy atom. The lowest BCUT2D eigenvalue weighted by Crippen LogP contribution is -2.26. The van der Waals surface area contributed by atoms with Crippen LogP contribution < -0.4 is 4.18 Å². The van der Waals surface area contributed by atoms with Crippen molar-refractivity contribution in [1.82, 2.24) is 0 Å². The Hall–Kier alpha value is -1.03. The molecular weight excluding hydrogens is 344 g/mol. The van der Waals surface area contributed by atoms with Crippen LogP contribution in [0.4, 0.5) is 0 Å². The molecule has 1 unspecified atom stereocenters. The van der Waals surface area contributed by atoms with E-state index in [0.29, 0.717) is 18.6 Å². The van der Waals surface area contributed by atoms with Crippen LogP contribution in [0.1, 0.15) is 96.5 Å². The van der Waals surface area contributed by atoms with Gasteiger partial charge in [0, 0.05) is 0 Å². The second kappa shape index (κ2) is 13.2. The van der Waals surface area contributed by atoms with Gasteiger partial charge >= 0.3 is 10.1 Å². The van der Waals surface area contributed by atoms with Gasteiger partial charge in [-0.05, 0) is 31.4 Å². The van der Waals surface area contributed by atoms with Crippen molar-refractivity contribution in [2.75, 3.05) is 0 Å². The fourth-order valence-electron chi connectivity index (χ4n) is 3.28. The zero-order chi connectivity index (χ0) is 19.3. The molecule has 0 saturated carbocycles. The van der Waals surface area contributed by atoms with Crippen molar-refractivity contribution in [3.63, 3.8) is 0 Å². The summed E-state index contributed by atoms with van der Waals surface area (Å²) in [5, 5.41) is -0.392. The van der Waals surface area contributed by atoms with Gasteiger partial charge in [0.1, 0.15) is 5.75 Å². The molecule has 1 rings (SSSR count). The van der Waals surface area contributed by atoms with E-state index in [2.05, 4.69) is 6.92 Å². The molecule has 1 aromatic carbocycles. The first-order valence-corrected chi connectivity index (χ1v) is 12.0. The number of benzene rings is 1. The van der Waals surface area contributed by atoms with Gasteiger partial charge in [-0.15, -0.1) is 0 Å². The van der Waals surface area contributed by atoms with Crippen LogP contribution in [0, 0.1) is 6.92 Å². The molecule has 0 bridgehead atoms. The summed E-state index contributed by atoms with van der Waals surface area (Å²) >= 11 is 0. The number of unbranched alkanes of at least 4 members (excludes halogenated alkanes) is 8. The number of hydrogen-bond donors (Lipinski definition) is 0. The summed E-state index contributed by atoms with van der Waals surface area (Å²) in [7, 11) is -3.57. The summed E-state index contributed by atoms with van der Waals surface area (Å²) in [4.78, 5) is 0. The molecule has 0 aliphatic heterocycles. The molecule has 26 heavy (non-hydrogen) atoms. The van der Waals surface area contributed by atoms with E-state index < -0.39 is 15.4 Å². The second-order valence-electron chi connectivity index (χ2n) is 7.37. The van der Waals surface area contributed by atoms with E-state index in [4.69, 9.17) is 4.18 Å². The molecule has 0 aromatic heterocycles. The largest absolute Gasteiger partial charge is 0.382 e. The van der Waals surface area contributed by atoms with E-state index in [1.807, 2.05) is 32.0 Å². The Morgan fingerprint density at radius 3 is 1.96 bits per heavy atom. The van der Waals surface area contributed by atoms with Gasteiger partial charge in [0.15, 0.2) is 0 Å². The van der Waals surface area contributed by atoms with Gasteiger partial charge in [-0.2, -0.15) is 8.42 Å². The van der Waals surface area contributed by atoms with Crippen molar-refractivity contribution in [2.45, 2.75) is 103 Å². The molecule has 0 amide bonds. The van der Waals surface area contributed by atoms with Crippen LogP contribution in [-0.4, -0.2) is 13.7 Å². The van der Waals surface area contributed by atoms with E-state index in [1.54, 1.807) is 6.07 Å². The van der Waals surface area contributed by atoms with E-state index >= 15 is 0 Å². The van der Waals surface area contributed by atoms with Crippen LogP contribution >= 0.6 is 0 Å². The minimum Gasteiger partial charge on any atom is -0.382 e. The highest BCUT2D eigenvalue weighted by molar-refractivity contribution is 7.87. The minimum absolute atomic E-state index is 0.392. The third-order valence-corrected chi connectivity index (χ3v) is 6.65. The van der Waals surface area contributed by atoms with Crippen molar-refractivity contribution in [3.8, 4) is 5.75 Å². The molecule has 0 saturated heterocycles. The molecule has 0 N–H and O–H groups in total. The summed E-state index contributed by atoms with van der Waals surface area (Å²) in [6.07, 6.45) is 13.4. The number of para-hydroxylation sites is 1. The number of aryl methyl sites for hydroxylation is 1. The fraction of sp³-hybridized carbons (Fsp3) is 0.727. The zero-order valence-electron chi connectivity index (χ0n) is 17.0. The normalized spacial score (nSPS) is 12.9. The Morgan fingerprint density at radius 1 is 0.808 bits per heavy atom. The highest BCUT2D eigenvalue weighted by atomic mass is 32.2. The van der Waals surface area contributed by atoms with Crippen LogP contribution in [0.15, 0.2) is 24.3 Å².